The minimum Gasteiger partial charge on any atom is -0.388 e. The Morgan fingerprint density at radius 1 is 1.62 bits per heavy atom. The van der Waals surface area contributed by atoms with Crippen LogP contribution in [0.25, 0.3) is 0 Å². The highest BCUT2D eigenvalue weighted by Crippen LogP contribution is 2.45. The number of rotatable bonds is 3. The summed E-state index contributed by atoms with van der Waals surface area (Å²) in [6, 6.07) is 2.06. The van der Waals surface area contributed by atoms with Crippen molar-refractivity contribution in [2.24, 2.45) is 11.3 Å². The Labute approximate surface area is 97.2 Å². The van der Waals surface area contributed by atoms with E-state index in [4.69, 9.17) is 0 Å². The summed E-state index contributed by atoms with van der Waals surface area (Å²) in [5, 5.41) is 19.7. The Bertz CT molecular complexity index is 407. The Morgan fingerprint density at radius 2 is 2.19 bits per heavy atom. The van der Waals surface area contributed by atoms with E-state index < -0.39 is 20.9 Å². The predicted octanol–water partition coefficient (Wildman–Crippen LogP) is 1.11. The maximum atomic E-state index is 11.5. The van der Waals surface area contributed by atoms with Crippen molar-refractivity contribution in [3.63, 3.8) is 0 Å². The molecule has 92 valence electrons. The number of aliphatic hydroxyl groups is 1. The molecule has 1 saturated heterocycles. The summed E-state index contributed by atoms with van der Waals surface area (Å²) in [7, 11) is -3.17. The molecule has 1 fully saturated rings. The fraction of sp³-hybridized carbons (Fsp3) is 0.909. The molecular weight excluding hydrogens is 226 g/mol. The van der Waals surface area contributed by atoms with Crippen LogP contribution in [0.1, 0.15) is 33.6 Å². The van der Waals surface area contributed by atoms with E-state index in [1.165, 1.54) is 0 Å². The fourth-order valence-electron chi connectivity index (χ4n) is 2.32. The van der Waals surface area contributed by atoms with E-state index in [9.17, 15) is 18.8 Å². The molecule has 1 heterocycles. The van der Waals surface area contributed by atoms with Gasteiger partial charge in [0, 0.05) is 0 Å². The molecule has 0 radical (unpaired) electrons. The van der Waals surface area contributed by atoms with E-state index in [0.717, 1.165) is 6.42 Å². The van der Waals surface area contributed by atoms with Crippen molar-refractivity contribution in [3.8, 4) is 6.07 Å². The van der Waals surface area contributed by atoms with Crippen LogP contribution in [0, 0.1) is 22.7 Å². The van der Waals surface area contributed by atoms with Gasteiger partial charge in [0.1, 0.15) is 5.41 Å². The summed E-state index contributed by atoms with van der Waals surface area (Å²) < 4.78 is 23.0. The van der Waals surface area contributed by atoms with E-state index in [0.29, 0.717) is 0 Å². The summed E-state index contributed by atoms with van der Waals surface area (Å²) in [5.74, 6) is -0.304. The van der Waals surface area contributed by atoms with Gasteiger partial charge in [-0.2, -0.15) is 5.26 Å². The van der Waals surface area contributed by atoms with Gasteiger partial charge in [-0.1, -0.05) is 20.3 Å². The summed E-state index contributed by atoms with van der Waals surface area (Å²) in [4.78, 5) is 0. The molecule has 1 aliphatic rings. The normalized spacial score (nSPS) is 33.9. The van der Waals surface area contributed by atoms with E-state index in [2.05, 4.69) is 6.07 Å². The lowest BCUT2D eigenvalue weighted by Gasteiger charge is -2.40. The van der Waals surface area contributed by atoms with Crippen LogP contribution >= 0.6 is 0 Å². The number of nitrogens with zero attached hydrogens (tertiary/aromatic N) is 1. The molecule has 3 atom stereocenters. The third-order valence-electron chi connectivity index (χ3n) is 4.06. The first kappa shape index (κ1) is 13.5. The van der Waals surface area contributed by atoms with Gasteiger partial charge < -0.3 is 5.11 Å². The van der Waals surface area contributed by atoms with Gasteiger partial charge in [-0.05, 0) is 19.3 Å². The second-order valence-electron chi connectivity index (χ2n) is 4.99. The first-order chi connectivity index (χ1) is 7.21. The molecule has 0 spiro atoms. The van der Waals surface area contributed by atoms with Crippen molar-refractivity contribution in [1.82, 2.24) is 0 Å². The summed E-state index contributed by atoms with van der Waals surface area (Å²) in [6.07, 6.45) is 0.958. The molecule has 0 aliphatic carbocycles. The first-order valence-corrected chi connectivity index (χ1v) is 7.37. The smallest absolute Gasteiger partial charge is 0.152 e. The molecule has 0 aromatic carbocycles. The molecule has 16 heavy (non-hydrogen) atoms. The van der Waals surface area contributed by atoms with E-state index >= 15 is 0 Å². The average molecular weight is 245 g/mol. The zero-order valence-electron chi connectivity index (χ0n) is 10.0. The molecule has 1 aliphatic heterocycles. The SMILES string of the molecule is CCC(C)C(C)(O)C1(C#N)CCS(=O)(=O)C1. The second-order valence-corrected chi connectivity index (χ2v) is 7.18. The molecule has 1 rings (SSSR count). The third-order valence-corrected chi connectivity index (χ3v) is 5.82. The monoisotopic (exact) mass is 245 g/mol. The molecule has 0 aromatic rings. The number of nitriles is 1. The van der Waals surface area contributed by atoms with Gasteiger partial charge in [-0.3, -0.25) is 0 Å². The number of hydrogen-bond donors (Lipinski definition) is 1. The van der Waals surface area contributed by atoms with Crippen LogP contribution in [-0.4, -0.2) is 30.6 Å². The van der Waals surface area contributed by atoms with E-state index in [-0.39, 0.29) is 23.8 Å². The quantitative estimate of drug-likeness (QED) is 0.808. The Kier molecular flexibility index (Phi) is 3.37. The van der Waals surface area contributed by atoms with Gasteiger partial charge in [-0.15, -0.1) is 0 Å². The van der Waals surface area contributed by atoms with Gasteiger partial charge in [0.25, 0.3) is 0 Å². The maximum absolute atomic E-state index is 11.5. The Hall–Kier alpha value is -0.600. The highest BCUT2D eigenvalue weighted by molar-refractivity contribution is 7.91. The van der Waals surface area contributed by atoms with E-state index in [1.54, 1.807) is 6.92 Å². The van der Waals surface area contributed by atoms with Crippen molar-refractivity contribution in [2.75, 3.05) is 11.5 Å². The molecule has 1 N–H and O–H groups in total. The molecule has 0 saturated carbocycles. The van der Waals surface area contributed by atoms with Crippen LogP contribution in [0.3, 0.4) is 0 Å². The lowest BCUT2D eigenvalue weighted by atomic mass is 9.67. The van der Waals surface area contributed by atoms with Crippen molar-refractivity contribution < 1.29 is 13.5 Å². The third kappa shape index (κ3) is 1.96. The van der Waals surface area contributed by atoms with Crippen LogP contribution in [0.4, 0.5) is 0 Å². The minimum atomic E-state index is -3.17. The van der Waals surface area contributed by atoms with Crippen LogP contribution in [0.2, 0.25) is 0 Å². The highest BCUT2D eigenvalue weighted by atomic mass is 32.2. The highest BCUT2D eigenvalue weighted by Gasteiger charge is 2.56. The molecule has 3 unspecified atom stereocenters. The lowest BCUT2D eigenvalue weighted by Crippen LogP contribution is -2.50. The zero-order valence-corrected chi connectivity index (χ0v) is 10.8. The van der Waals surface area contributed by atoms with Crippen molar-refractivity contribution in [2.45, 2.75) is 39.2 Å². The minimum absolute atomic E-state index is 0.00709. The van der Waals surface area contributed by atoms with Gasteiger partial charge in [0.05, 0.1) is 23.2 Å². The van der Waals surface area contributed by atoms with Crippen molar-refractivity contribution in [3.05, 3.63) is 0 Å². The van der Waals surface area contributed by atoms with Gasteiger partial charge >= 0.3 is 0 Å². The fourth-order valence-corrected chi connectivity index (χ4v) is 4.37. The maximum Gasteiger partial charge on any atom is 0.152 e. The van der Waals surface area contributed by atoms with Crippen LogP contribution in [0.5, 0.6) is 0 Å². The molecule has 0 bridgehead atoms. The standard InChI is InChI=1S/C11H19NO3S/c1-4-9(2)10(3,13)11(7-12)5-6-16(14,15)8-11/h9,13H,4-6,8H2,1-3H3. The summed E-state index contributed by atoms with van der Waals surface area (Å²) in [6.45, 7) is 5.36. The van der Waals surface area contributed by atoms with Gasteiger partial charge in [-0.25, -0.2) is 8.42 Å². The van der Waals surface area contributed by atoms with Crippen LogP contribution < -0.4 is 0 Å². The summed E-state index contributed by atoms with van der Waals surface area (Å²) in [5.41, 5.74) is -2.39. The van der Waals surface area contributed by atoms with E-state index in [1.807, 2.05) is 13.8 Å². The molecule has 4 nitrogen and oxygen atoms in total. The van der Waals surface area contributed by atoms with Crippen molar-refractivity contribution >= 4 is 9.84 Å². The first-order valence-electron chi connectivity index (χ1n) is 5.55. The topological polar surface area (TPSA) is 78.2 Å². The number of hydrogen-bond acceptors (Lipinski definition) is 4. The molecule has 0 amide bonds. The summed E-state index contributed by atoms with van der Waals surface area (Å²) >= 11 is 0. The van der Waals surface area contributed by atoms with Crippen LogP contribution in [0.15, 0.2) is 0 Å². The molecular formula is C11H19NO3S. The Morgan fingerprint density at radius 3 is 2.50 bits per heavy atom. The zero-order chi connectivity index (χ0) is 12.6. The van der Waals surface area contributed by atoms with Crippen LogP contribution in [-0.2, 0) is 9.84 Å². The molecule has 5 heteroatoms. The predicted molar refractivity (Wildman–Crippen MR) is 61.4 cm³/mol. The lowest BCUT2D eigenvalue weighted by molar-refractivity contribution is -0.0719. The largest absolute Gasteiger partial charge is 0.388 e. The van der Waals surface area contributed by atoms with Crippen molar-refractivity contribution in [1.29, 1.82) is 5.26 Å². The molecule has 0 aromatic heterocycles. The van der Waals surface area contributed by atoms with Gasteiger partial charge in [0.2, 0.25) is 0 Å². The second kappa shape index (κ2) is 4.01. The average Bonchev–Trinajstić information content (AvgIpc) is 2.54. The number of sulfone groups is 1. The van der Waals surface area contributed by atoms with Gasteiger partial charge in [0.15, 0.2) is 9.84 Å². The Balaban J connectivity index is 3.14.